The molecule has 0 aromatic rings. The van der Waals surface area contributed by atoms with E-state index < -0.39 is 102 Å². The second-order valence-electron chi connectivity index (χ2n) is 21.5. The number of hydrogen-bond donors (Lipinski definition) is 2. The van der Waals surface area contributed by atoms with Crippen molar-refractivity contribution in [2.75, 3.05) is 20.8 Å². The highest BCUT2D eigenvalue weighted by Crippen LogP contribution is 2.52. The zero-order chi connectivity index (χ0) is 50.4. The van der Waals surface area contributed by atoms with E-state index in [-0.39, 0.29) is 55.2 Å². The normalized spacial score (nSPS) is 48.9. The van der Waals surface area contributed by atoms with Crippen LogP contribution < -0.4 is 0 Å². The third-order valence-electron chi connectivity index (χ3n) is 16.9. The molecule has 3 unspecified atom stereocenters. The number of esters is 2. The maximum absolute atomic E-state index is 14.4. The summed E-state index contributed by atoms with van der Waals surface area (Å²) in [5, 5.41) is 23.9. The van der Waals surface area contributed by atoms with E-state index in [2.05, 4.69) is 39.8 Å². The lowest BCUT2D eigenvalue weighted by atomic mass is 9.69. The molecule has 2 N–H and O–H groups in total. The number of hydrogen-bond acceptors (Lipinski definition) is 16. The number of ether oxygens (including phenoxy) is 12. The van der Waals surface area contributed by atoms with Gasteiger partial charge in [0.15, 0.2) is 18.4 Å². The Hall–Kier alpha value is -2.84. The molecule has 0 amide bonds. The first-order valence-electron chi connectivity index (χ1n) is 25.8. The van der Waals surface area contributed by atoms with Crippen LogP contribution in [0.15, 0.2) is 59.3 Å². The van der Waals surface area contributed by atoms with Crippen LogP contribution in [0.1, 0.15) is 114 Å². The smallest absolute Gasteiger partial charge is 0.316 e. The molecular weight excluding hydrogens is 905 g/mol. The van der Waals surface area contributed by atoms with E-state index in [0.717, 1.165) is 12.0 Å². The van der Waals surface area contributed by atoms with E-state index in [1.165, 1.54) is 6.92 Å². The second-order valence-corrected chi connectivity index (χ2v) is 21.5. The quantitative estimate of drug-likeness (QED) is 0.184. The fourth-order valence-corrected chi connectivity index (χ4v) is 12.7. The Morgan fingerprint density at radius 1 is 0.886 bits per heavy atom. The molecule has 5 saturated heterocycles. The number of methoxy groups -OCH3 is 2. The number of fused-ring (bicyclic) bond motifs is 2. The molecule has 0 aromatic heterocycles. The first-order valence-corrected chi connectivity index (χ1v) is 25.8. The van der Waals surface area contributed by atoms with Crippen molar-refractivity contribution in [1.29, 1.82) is 0 Å². The van der Waals surface area contributed by atoms with E-state index in [0.29, 0.717) is 43.3 Å². The first kappa shape index (κ1) is 53.5. The molecule has 8 rings (SSSR count). The van der Waals surface area contributed by atoms with Crippen LogP contribution in [-0.2, 0) is 66.4 Å². The maximum atomic E-state index is 14.4. The molecule has 2 bridgehead atoms. The lowest BCUT2D eigenvalue weighted by Crippen LogP contribution is -2.59. The highest BCUT2D eigenvalue weighted by Gasteiger charge is 2.62. The van der Waals surface area contributed by atoms with Gasteiger partial charge in [0.2, 0.25) is 6.29 Å². The summed E-state index contributed by atoms with van der Waals surface area (Å²) in [6, 6.07) is 0. The molecule has 392 valence electrons. The molecule has 2 spiro atoms. The topological polar surface area (TPSA) is 185 Å². The van der Waals surface area contributed by atoms with Gasteiger partial charge < -0.3 is 67.1 Å². The Balaban J connectivity index is 1.04. The predicted octanol–water partition coefficient (Wildman–Crippen LogP) is 6.70. The van der Waals surface area contributed by atoms with Gasteiger partial charge in [0.25, 0.3) is 0 Å². The Bertz CT molecular complexity index is 2030. The average Bonchev–Trinajstić information content (AvgIpc) is 3.83. The van der Waals surface area contributed by atoms with Crippen molar-refractivity contribution in [2.45, 2.75) is 218 Å². The Morgan fingerprint density at radius 3 is 2.31 bits per heavy atom. The van der Waals surface area contributed by atoms with Crippen molar-refractivity contribution in [3.63, 3.8) is 0 Å². The van der Waals surface area contributed by atoms with Gasteiger partial charge >= 0.3 is 11.9 Å². The van der Waals surface area contributed by atoms with Gasteiger partial charge in [-0.1, -0.05) is 70.6 Å². The van der Waals surface area contributed by atoms with Crippen molar-refractivity contribution >= 4 is 11.9 Å². The van der Waals surface area contributed by atoms with Crippen molar-refractivity contribution in [2.24, 2.45) is 29.1 Å². The van der Waals surface area contributed by atoms with Crippen molar-refractivity contribution in [3.05, 3.63) is 59.3 Å². The Morgan fingerprint density at radius 2 is 1.61 bits per heavy atom. The van der Waals surface area contributed by atoms with E-state index >= 15 is 0 Å². The fraction of sp³-hybridized carbons (Fsp3) is 0.778. The SMILES string of the molecule is CCC(C)[C@H]1O[C@]2(C=C[C@@H]1C)C[C@@H]1C[C@@H](C/C=C(\C)[C@@H](O[C@H]3C[C@H](OC)[C@@H](O[C@H]4C[C@H](OC)[C@@]5(C[C@H](OC(C)=O)OC5C)[C@H](C)O4)[C@H](C)O3)C(C)/C=C/C=C3\CO[C@@H]4[C@H](O)C(C)=C[C@@H](C(=O)O1)[C@]34O)O2. The van der Waals surface area contributed by atoms with Crippen molar-refractivity contribution in [1.82, 2.24) is 0 Å². The molecule has 22 atom stereocenters. The first-order chi connectivity index (χ1) is 33.2. The Kier molecular flexibility index (Phi) is 16.5. The van der Waals surface area contributed by atoms with Gasteiger partial charge in [-0.25, -0.2) is 0 Å². The van der Waals surface area contributed by atoms with Gasteiger partial charge in [-0.2, -0.15) is 0 Å². The summed E-state index contributed by atoms with van der Waals surface area (Å²) >= 11 is 0. The van der Waals surface area contributed by atoms with Gasteiger partial charge in [0.1, 0.15) is 35.9 Å². The highest BCUT2D eigenvalue weighted by molar-refractivity contribution is 5.78. The fourth-order valence-electron chi connectivity index (χ4n) is 12.7. The maximum Gasteiger partial charge on any atom is 0.316 e. The molecule has 1 aliphatic carbocycles. The number of carbonyl (C=O) groups is 2. The minimum absolute atomic E-state index is 0.0221. The molecule has 16 heteroatoms. The zero-order valence-electron chi connectivity index (χ0n) is 43.3. The number of aliphatic hydroxyl groups excluding tert-OH is 1. The number of allylic oxidation sites excluding steroid dienone is 2. The van der Waals surface area contributed by atoms with Crippen LogP contribution in [0.25, 0.3) is 0 Å². The standard InChI is InChI=1S/C54H80O16/c1-13-28(2)48-31(5)19-20-52(70-48)25-39-22-38(69-52)18-17-30(4)47(29(3)15-14-16-37-27-61-50-46(56)32(6)21-40(51(57)66-39)54(37,50)58)67-43-23-41(59-11)49(33(7)62-43)68-44-24-42(60-12)53(34(8)63-44)26-45(64-35(53)9)65-36(10)55/h14-17,19-21,28-29,31,33-35,38-50,56,58H,13,18,22-27H2,1-12H3/b15-14+,30-17+,37-16+/t28?,29?,31-,33-,34-,35?,38+,39-,40-,41-,42-,43-,44-,45-,46+,47-,48+,49-,50+,52+,53-,54+/m0/s1. The molecule has 0 radical (unpaired) electrons. The van der Waals surface area contributed by atoms with Gasteiger partial charge in [0, 0.05) is 65.1 Å². The van der Waals surface area contributed by atoms with Gasteiger partial charge in [-0.05, 0) is 69.8 Å². The third kappa shape index (κ3) is 10.3. The summed E-state index contributed by atoms with van der Waals surface area (Å²) < 4.78 is 77.1. The second kappa shape index (κ2) is 21.6. The van der Waals surface area contributed by atoms with Crippen LogP contribution >= 0.6 is 0 Å². The van der Waals surface area contributed by atoms with E-state index in [1.807, 2.05) is 45.9 Å². The summed E-state index contributed by atoms with van der Waals surface area (Å²) in [7, 11) is 3.33. The third-order valence-corrected chi connectivity index (χ3v) is 16.9. The molecule has 7 heterocycles. The van der Waals surface area contributed by atoms with Gasteiger partial charge in [0.05, 0.1) is 60.9 Å². The summed E-state index contributed by atoms with van der Waals surface area (Å²) in [5.41, 5.74) is -0.457. The van der Waals surface area contributed by atoms with Crippen LogP contribution in [-0.4, -0.2) is 146 Å². The van der Waals surface area contributed by atoms with E-state index in [4.69, 9.17) is 56.8 Å². The summed E-state index contributed by atoms with van der Waals surface area (Å²) in [5.74, 6) is -3.04. The average molecular weight is 985 g/mol. The molecule has 7 aliphatic heterocycles. The van der Waals surface area contributed by atoms with Gasteiger partial charge in [-0.3, -0.25) is 9.59 Å². The zero-order valence-corrected chi connectivity index (χ0v) is 43.3. The monoisotopic (exact) mass is 985 g/mol. The van der Waals surface area contributed by atoms with E-state index in [9.17, 15) is 19.8 Å². The number of aliphatic hydroxyl groups is 2. The summed E-state index contributed by atoms with van der Waals surface area (Å²) in [6.07, 6.45) is 8.78. The lowest BCUT2D eigenvalue weighted by molar-refractivity contribution is -0.326. The molecular formula is C54H80O16. The summed E-state index contributed by atoms with van der Waals surface area (Å²) in [4.78, 5) is 26.2. The molecule has 0 saturated carbocycles. The van der Waals surface area contributed by atoms with E-state index in [1.54, 1.807) is 33.3 Å². The minimum Gasteiger partial charge on any atom is -0.462 e. The van der Waals surface area contributed by atoms with Crippen LogP contribution in [0.3, 0.4) is 0 Å². The van der Waals surface area contributed by atoms with Crippen LogP contribution in [0.5, 0.6) is 0 Å². The number of rotatable bonds is 9. The minimum atomic E-state index is -1.85. The van der Waals surface area contributed by atoms with Crippen molar-refractivity contribution in [3.8, 4) is 0 Å². The molecule has 8 aliphatic rings. The largest absolute Gasteiger partial charge is 0.462 e. The summed E-state index contributed by atoms with van der Waals surface area (Å²) in [6.45, 7) is 19.6. The molecule has 0 aromatic carbocycles. The molecule has 70 heavy (non-hydrogen) atoms. The highest BCUT2D eigenvalue weighted by atomic mass is 16.7. The van der Waals surface area contributed by atoms with Gasteiger partial charge in [-0.15, -0.1) is 0 Å². The molecule has 5 fully saturated rings. The van der Waals surface area contributed by atoms with Crippen LogP contribution in [0.4, 0.5) is 0 Å². The van der Waals surface area contributed by atoms with Crippen LogP contribution in [0.2, 0.25) is 0 Å². The predicted molar refractivity (Wildman–Crippen MR) is 254 cm³/mol. The molecule has 16 nitrogen and oxygen atoms in total. The van der Waals surface area contributed by atoms with Crippen LogP contribution in [0, 0.1) is 29.1 Å². The van der Waals surface area contributed by atoms with Crippen molar-refractivity contribution < 1.29 is 76.6 Å². The number of carbonyl (C=O) groups excluding carboxylic acids is 2. The lowest BCUT2D eigenvalue weighted by Gasteiger charge is -2.50. The Labute approximate surface area is 414 Å².